The highest BCUT2D eigenvalue weighted by molar-refractivity contribution is 6.24. The van der Waals surface area contributed by atoms with E-state index in [4.69, 9.17) is 4.74 Å². The summed E-state index contributed by atoms with van der Waals surface area (Å²) in [6.45, 7) is 11.2. The Labute approximate surface area is 192 Å². The lowest BCUT2D eigenvalue weighted by molar-refractivity contribution is -0.116. The Morgan fingerprint density at radius 1 is 0.594 bits per heavy atom. The van der Waals surface area contributed by atoms with Crippen LogP contribution in [0.4, 0.5) is 0 Å². The van der Waals surface area contributed by atoms with Crippen molar-refractivity contribution in [2.45, 2.75) is 86.5 Å². The van der Waals surface area contributed by atoms with Crippen LogP contribution in [0.2, 0.25) is 0 Å². The fraction of sp³-hybridized carbons (Fsp3) is 0.556. The molecule has 0 aromatic carbocycles. The van der Waals surface area contributed by atoms with Crippen LogP contribution in [0, 0.1) is 0 Å². The van der Waals surface area contributed by atoms with Crippen molar-refractivity contribution in [1.82, 2.24) is 0 Å². The molecule has 0 saturated heterocycles. The molecule has 0 spiro atoms. The Morgan fingerprint density at radius 2 is 1.09 bits per heavy atom. The third-order valence-corrected chi connectivity index (χ3v) is 6.31. The largest absolute Gasteiger partial charge is 0.385 e. The van der Waals surface area contributed by atoms with Crippen molar-refractivity contribution in [1.29, 1.82) is 0 Å². The van der Waals surface area contributed by atoms with Gasteiger partial charge >= 0.3 is 0 Å². The van der Waals surface area contributed by atoms with E-state index in [2.05, 4.69) is 0 Å². The normalized spacial score (nSPS) is 17.2. The van der Waals surface area contributed by atoms with Gasteiger partial charge in [0.05, 0.1) is 0 Å². The molecule has 5 nitrogen and oxygen atoms in total. The van der Waals surface area contributed by atoms with Gasteiger partial charge in [-0.05, 0) is 66.9 Å². The number of hydrogen-bond donors (Lipinski definition) is 0. The van der Waals surface area contributed by atoms with Crippen LogP contribution >= 0.6 is 0 Å². The summed E-state index contributed by atoms with van der Waals surface area (Å²) in [5.74, 6) is 0.0630. The van der Waals surface area contributed by atoms with E-state index in [1.165, 1.54) is 25.3 Å². The van der Waals surface area contributed by atoms with Crippen molar-refractivity contribution >= 4 is 23.1 Å². The van der Waals surface area contributed by atoms with Crippen molar-refractivity contribution in [3.8, 4) is 0 Å². The Morgan fingerprint density at radius 3 is 1.69 bits per heavy atom. The number of unbranched alkanes of at least 4 members (excludes halogenated alkanes) is 5. The van der Waals surface area contributed by atoms with Gasteiger partial charge in [0.2, 0.25) is 0 Å². The highest BCUT2D eigenvalue weighted by Crippen LogP contribution is 2.27. The van der Waals surface area contributed by atoms with E-state index in [1.54, 1.807) is 48.7 Å². The maximum absolute atomic E-state index is 12.2. The first kappa shape index (κ1) is 27.6. The van der Waals surface area contributed by atoms with Gasteiger partial charge in [-0.1, -0.05) is 25.7 Å². The summed E-state index contributed by atoms with van der Waals surface area (Å²) >= 11 is 0. The lowest BCUT2D eigenvalue weighted by Crippen LogP contribution is -2.20. The molecule has 0 bridgehead atoms. The van der Waals surface area contributed by atoms with Crippen LogP contribution in [-0.2, 0) is 23.9 Å². The molecule has 32 heavy (non-hydrogen) atoms. The van der Waals surface area contributed by atoms with E-state index < -0.39 is 0 Å². The van der Waals surface area contributed by atoms with Crippen molar-refractivity contribution in [3.63, 3.8) is 0 Å². The Kier molecular flexibility index (Phi) is 11.4. The van der Waals surface area contributed by atoms with Gasteiger partial charge < -0.3 is 4.74 Å². The van der Waals surface area contributed by atoms with Crippen molar-refractivity contribution < 1.29 is 23.9 Å². The lowest BCUT2D eigenvalue weighted by atomic mass is 9.84. The highest BCUT2D eigenvalue weighted by Gasteiger charge is 2.27. The van der Waals surface area contributed by atoms with Gasteiger partial charge in [-0.3, -0.25) is 19.2 Å². The number of hydrogen-bond acceptors (Lipinski definition) is 5. The molecular weight excluding hydrogens is 404 g/mol. The molecule has 176 valence electrons. The van der Waals surface area contributed by atoms with E-state index in [0.29, 0.717) is 33.4 Å². The van der Waals surface area contributed by atoms with Crippen LogP contribution in [0.3, 0.4) is 0 Å². The number of rotatable bonds is 9. The van der Waals surface area contributed by atoms with Crippen LogP contribution in [0.15, 0.2) is 45.1 Å². The quantitative estimate of drug-likeness (QED) is 0.344. The minimum Gasteiger partial charge on any atom is -0.385 e. The number of allylic oxidation sites excluding steroid dienone is 8. The predicted octanol–water partition coefficient (Wildman–Crippen LogP) is 5.59. The molecule has 2 aliphatic carbocycles. The maximum Gasteiger partial charge on any atom is 0.185 e. The van der Waals surface area contributed by atoms with E-state index in [1.807, 2.05) is 0 Å². The zero-order chi connectivity index (χ0) is 24.4. The molecule has 0 saturated carbocycles. The minimum atomic E-state index is -0.0420. The monoisotopic (exact) mass is 442 g/mol. The molecule has 0 heterocycles. The second-order valence-corrected chi connectivity index (χ2v) is 8.65. The number of carbonyl (C=O) groups is 4. The lowest BCUT2D eigenvalue weighted by Gasteiger charge is -2.18. The van der Waals surface area contributed by atoms with E-state index in [-0.39, 0.29) is 23.1 Å². The summed E-state index contributed by atoms with van der Waals surface area (Å²) in [6.07, 6.45) is 8.96. The molecule has 0 amide bonds. The molecule has 0 N–H and O–H groups in total. The number of Topliss-reactive ketones (excluding diaryl/α,β-unsaturated/α-hetero) is 3. The van der Waals surface area contributed by atoms with E-state index in [0.717, 1.165) is 37.9 Å². The van der Waals surface area contributed by atoms with Crippen LogP contribution < -0.4 is 0 Å². The zero-order valence-electron chi connectivity index (χ0n) is 20.8. The molecule has 0 aromatic heterocycles. The second-order valence-electron chi connectivity index (χ2n) is 8.65. The average Bonchev–Trinajstić information content (AvgIpc) is 2.77. The van der Waals surface area contributed by atoms with Crippen LogP contribution in [0.5, 0.6) is 0 Å². The first-order valence-electron chi connectivity index (χ1n) is 11.4. The molecule has 0 atom stereocenters. The molecular formula is C27H38O5. The fourth-order valence-electron chi connectivity index (χ4n) is 3.73. The van der Waals surface area contributed by atoms with Gasteiger partial charge in [-0.25, -0.2) is 0 Å². The average molecular weight is 443 g/mol. The Bertz CT molecular complexity index is 893. The standard InChI is InChI=1S/C18H28O3.C9H10O2/c1-13-14(2)18(20)16(15(3)17(13)19)11-9-7-5-6-8-10-12-21-4;1-5-4-8(10)6(2)7(3)9(5)11/h5-12H2,1-4H3;4H,1-3H3. The van der Waals surface area contributed by atoms with Crippen molar-refractivity contribution in [2.75, 3.05) is 13.7 Å². The molecule has 0 unspecified atom stereocenters. The second kappa shape index (κ2) is 13.2. The third-order valence-electron chi connectivity index (χ3n) is 6.31. The van der Waals surface area contributed by atoms with Gasteiger partial charge in [-0.15, -0.1) is 0 Å². The predicted molar refractivity (Wildman–Crippen MR) is 127 cm³/mol. The van der Waals surface area contributed by atoms with Gasteiger partial charge in [-0.2, -0.15) is 0 Å². The fourth-order valence-corrected chi connectivity index (χ4v) is 3.73. The number of ketones is 4. The van der Waals surface area contributed by atoms with Gasteiger partial charge in [0.1, 0.15) is 0 Å². The molecule has 0 aliphatic heterocycles. The van der Waals surface area contributed by atoms with Crippen LogP contribution in [0.25, 0.3) is 0 Å². The van der Waals surface area contributed by atoms with Crippen LogP contribution in [0.1, 0.15) is 86.5 Å². The van der Waals surface area contributed by atoms with Crippen LogP contribution in [-0.4, -0.2) is 36.8 Å². The molecule has 5 heteroatoms. The molecule has 2 aliphatic rings. The number of carbonyl (C=O) groups excluding carboxylic acids is 4. The smallest absolute Gasteiger partial charge is 0.185 e. The summed E-state index contributed by atoms with van der Waals surface area (Å²) in [5.41, 5.74) is 4.32. The molecule has 0 radical (unpaired) electrons. The van der Waals surface area contributed by atoms with Crippen molar-refractivity contribution in [2.24, 2.45) is 0 Å². The number of methoxy groups -OCH3 is 1. The first-order valence-corrected chi connectivity index (χ1v) is 11.4. The molecule has 0 fully saturated rings. The van der Waals surface area contributed by atoms with E-state index >= 15 is 0 Å². The third kappa shape index (κ3) is 7.33. The summed E-state index contributed by atoms with van der Waals surface area (Å²) in [6, 6.07) is 0. The van der Waals surface area contributed by atoms with Gasteiger partial charge in [0.15, 0.2) is 23.1 Å². The van der Waals surface area contributed by atoms with Crippen molar-refractivity contribution in [3.05, 3.63) is 45.1 Å². The molecule has 0 aromatic rings. The SMILES string of the molecule is CC1=CC(=O)C(C)=C(C)C1=O.COCCCCCCCCC1=C(C)C(=O)C(C)=C(C)C1=O. The van der Waals surface area contributed by atoms with E-state index in [9.17, 15) is 19.2 Å². The van der Waals surface area contributed by atoms with Gasteiger partial charge in [0, 0.05) is 52.7 Å². The Balaban J connectivity index is 0.000000389. The summed E-state index contributed by atoms with van der Waals surface area (Å²) < 4.78 is 5.02. The number of ether oxygens (including phenoxy) is 1. The molecule has 2 rings (SSSR count). The summed E-state index contributed by atoms with van der Waals surface area (Å²) in [5, 5.41) is 0. The summed E-state index contributed by atoms with van der Waals surface area (Å²) in [4.78, 5) is 46.6. The topological polar surface area (TPSA) is 77.5 Å². The minimum absolute atomic E-state index is 0.0119. The summed E-state index contributed by atoms with van der Waals surface area (Å²) in [7, 11) is 1.73. The first-order chi connectivity index (χ1) is 15.0. The van der Waals surface area contributed by atoms with Gasteiger partial charge in [0.25, 0.3) is 0 Å². The maximum atomic E-state index is 12.2. The zero-order valence-corrected chi connectivity index (χ0v) is 20.8. The Hall–Kier alpha value is -2.40. The highest BCUT2D eigenvalue weighted by atomic mass is 16.5.